The summed E-state index contributed by atoms with van der Waals surface area (Å²) in [5.41, 5.74) is 1.08. The number of anilines is 2. The zero-order chi connectivity index (χ0) is 31.7. The molecule has 228 valence electrons. The Labute approximate surface area is 257 Å². The number of terminal acetylenes is 2. The second kappa shape index (κ2) is 14.5. The van der Waals surface area contributed by atoms with E-state index in [0.717, 1.165) is 17.2 Å². The summed E-state index contributed by atoms with van der Waals surface area (Å²) in [6.07, 6.45) is 18.8. The van der Waals surface area contributed by atoms with Crippen molar-refractivity contribution < 1.29 is 14.0 Å². The minimum absolute atomic E-state index is 0.0150. The molecule has 2 aromatic heterocycles. The van der Waals surface area contributed by atoms with Gasteiger partial charge in [-0.05, 0) is 51.2 Å². The number of H-pyrrole nitrogens is 1. The Morgan fingerprint density at radius 1 is 1.27 bits per heavy atom. The van der Waals surface area contributed by atoms with Gasteiger partial charge >= 0.3 is 0 Å². The molecule has 1 fully saturated rings. The number of rotatable bonds is 11. The zero-order valence-corrected chi connectivity index (χ0v) is 25.3. The highest BCUT2D eigenvalue weighted by molar-refractivity contribution is 5.97. The predicted octanol–water partition coefficient (Wildman–Crippen LogP) is 3.58. The molecule has 0 unspecified atom stereocenters. The molecule has 44 heavy (non-hydrogen) atoms. The molecule has 0 spiro atoms. The van der Waals surface area contributed by atoms with E-state index in [9.17, 15) is 14.0 Å². The smallest absolute Gasteiger partial charge is 0.237 e. The molecule has 2 amide bonds. The summed E-state index contributed by atoms with van der Waals surface area (Å²) < 4.78 is 13.6. The van der Waals surface area contributed by atoms with Crippen LogP contribution in [0.15, 0.2) is 60.7 Å². The van der Waals surface area contributed by atoms with E-state index in [1.54, 1.807) is 43.6 Å². The van der Waals surface area contributed by atoms with Crippen LogP contribution in [0, 0.1) is 30.1 Å². The number of benzene rings is 1. The van der Waals surface area contributed by atoms with Crippen molar-refractivity contribution in [2.75, 3.05) is 50.0 Å². The average molecular weight is 597 g/mol. The fourth-order valence-corrected chi connectivity index (χ4v) is 5.37. The zero-order valence-electron chi connectivity index (χ0n) is 25.3. The highest BCUT2D eigenvalue weighted by atomic mass is 19.1. The molecule has 0 bridgehead atoms. The second-order valence-corrected chi connectivity index (χ2v) is 11.2. The van der Waals surface area contributed by atoms with Gasteiger partial charge in [0.2, 0.25) is 17.8 Å². The van der Waals surface area contributed by atoms with Crippen LogP contribution in [0.2, 0.25) is 0 Å². The molecule has 10 nitrogen and oxygen atoms in total. The lowest BCUT2D eigenvalue weighted by molar-refractivity contribution is -0.136. The normalized spacial score (nSPS) is 17.0. The summed E-state index contributed by atoms with van der Waals surface area (Å²) in [5.74, 6) is 4.64. The molecule has 1 saturated heterocycles. The number of nitrogens with zero attached hydrogens (tertiary/aromatic N) is 6. The summed E-state index contributed by atoms with van der Waals surface area (Å²) >= 11 is 0. The van der Waals surface area contributed by atoms with E-state index in [-0.39, 0.29) is 37.4 Å². The van der Waals surface area contributed by atoms with E-state index in [1.807, 2.05) is 29.8 Å². The van der Waals surface area contributed by atoms with E-state index in [2.05, 4.69) is 42.2 Å². The number of amides is 2. The van der Waals surface area contributed by atoms with Gasteiger partial charge in [-0.2, -0.15) is 5.10 Å². The first-order valence-corrected chi connectivity index (χ1v) is 14.3. The van der Waals surface area contributed by atoms with Crippen molar-refractivity contribution in [3.05, 3.63) is 66.4 Å². The van der Waals surface area contributed by atoms with Crippen molar-refractivity contribution in [3.8, 4) is 24.7 Å². The van der Waals surface area contributed by atoms with Crippen LogP contribution < -0.4 is 10.2 Å². The maximum atomic E-state index is 13.6. The number of aromatic amines is 1. The van der Waals surface area contributed by atoms with Gasteiger partial charge in [0, 0.05) is 80.3 Å². The number of aromatic nitrogens is 4. The minimum atomic E-state index is -0.962. The molecule has 3 heterocycles. The first kappa shape index (κ1) is 31.9. The summed E-state index contributed by atoms with van der Waals surface area (Å²) in [4.78, 5) is 41.3. The number of piperazine rings is 1. The number of halogens is 1. The second-order valence-electron chi connectivity index (χ2n) is 11.2. The molecule has 2 N–H and O–H groups in total. The van der Waals surface area contributed by atoms with Crippen LogP contribution in [-0.4, -0.2) is 87.6 Å². The summed E-state index contributed by atoms with van der Waals surface area (Å²) in [5, 5.41) is 11.0. The molecule has 2 atom stereocenters. The van der Waals surface area contributed by atoms with Gasteiger partial charge in [-0.25, -0.2) is 14.4 Å². The monoisotopic (exact) mass is 596 g/mol. The van der Waals surface area contributed by atoms with Crippen molar-refractivity contribution in [1.29, 1.82) is 0 Å². The number of nitrogens with one attached hydrogen (secondary N) is 2. The van der Waals surface area contributed by atoms with Gasteiger partial charge < -0.3 is 15.1 Å². The van der Waals surface area contributed by atoms with E-state index in [1.165, 1.54) is 6.08 Å². The van der Waals surface area contributed by atoms with E-state index in [0.29, 0.717) is 43.2 Å². The third-order valence-electron chi connectivity index (χ3n) is 7.56. The molecular weight excluding hydrogens is 559 g/mol. The quantitative estimate of drug-likeness (QED) is 0.257. The molecule has 0 aliphatic carbocycles. The fourth-order valence-electron chi connectivity index (χ4n) is 5.37. The lowest BCUT2D eigenvalue weighted by Crippen LogP contribution is -2.56. The van der Waals surface area contributed by atoms with Crippen LogP contribution in [0.1, 0.15) is 26.0 Å². The highest BCUT2D eigenvalue weighted by Crippen LogP contribution is 2.27. The van der Waals surface area contributed by atoms with Gasteiger partial charge in [-0.1, -0.05) is 12.0 Å². The standard InChI is InChI=1S/C33H37FN8O2/c1-6-10-25(34)11-8-12-28-27-20-26(13-14-29(27)39-38-28)37-31(44)33(4,15-7-2)23-40(5)22-30(43)42-19-18-41(21-24(42)3)32-35-16-9-17-36-32/h1-2,8-11,13-14,16-17,20,24H,12,15,18-19,21-23H2,3-5H3,(H,37,44)(H,38,39)/b11-8-,25-10+/t24-,33+/m1/s1. The Balaban J connectivity index is 1.38. The van der Waals surface area contributed by atoms with Crippen LogP contribution in [0.4, 0.5) is 16.0 Å². The number of carbonyl (C=O) groups excluding carboxylic acids is 2. The Morgan fingerprint density at radius 3 is 2.75 bits per heavy atom. The molecule has 4 rings (SSSR count). The van der Waals surface area contributed by atoms with Gasteiger partial charge in [0.25, 0.3) is 0 Å². The van der Waals surface area contributed by atoms with Crippen LogP contribution in [0.3, 0.4) is 0 Å². The third kappa shape index (κ3) is 7.88. The highest BCUT2D eigenvalue weighted by Gasteiger charge is 2.35. The largest absolute Gasteiger partial charge is 0.337 e. The van der Waals surface area contributed by atoms with Crippen molar-refractivity contribution in [1.82, 2.24) is 30.0 Å². The van der Waals surface area contributed by atoms with E-state index < -0.39 is 11.2 Å². The van der Waals surface area contributed by atoms with Gasteiger partial charge in [0.15, 0.2) is 0 Å². The maximum absolute atomic E-state index is 13.6. The minimum Gasteiger partial charge on any atom is -0.337 e. The van der Waals surface area contributed by atoms with Crippen LogP contribution in [0.5, 0.6) is 0 Å². The first-order valence-electron chi connectivity index (χ1n) is 14.3. The fraction of sp³-hybridized carbons (Fsp3) is 0.364. The molecule has 0 radical (unpaired) electrons. The third-order valence-corrected chi connectivity index (χ3v) is 7.56. The Hall–Kier alpha value is -5.00. The van der Waals surface area contributed by atoms with Gasteiger partial charge in [-0.15, -0.1) is 18.8 Å². The number of hydrogen-bond acceptors (Lipinski definition) is 7. The number of fused-ring (bicyclic) bond motifs is 1. The molecular formula is C33H37FN8O2. The van der Waals surface area contributed by atoms with Gasteiger partial charge in [0.05, 0.1) is 17.5 Å². The summed E-state index contributed by atoms with van der Waals surface area (Å²) in [6, 6.07) is 7.13. The van der Waals surface area contributed by atoms with Crippen LogP contribution in [0.25, 0.3) is 10.9 Å². The van der Waals surface area contributed by atoms with Crippen LogP contribution in [-0.2, 0) is 16.0 Å². The number of likely N-dealkylation sites (N-methyl/N-ethyl adjacent to an activating group) is 1. The molecule has 1 aromatic carbocycles. The lowest BCUT2D eigenvalue weighted by atomic mass is 9.85. The Morgan fingerprint density at radius 2 is 2.05 bits per heavy atom. The Kier molecular flexibility index (Phi) is 10.5. The molecule has 3 aromatic rings. The topological polar surface area (TPSA) is 110 Å². The molecule has 1 aliphatic heterocycles. The SMILES string of the molecule is C#C/C=C(F)\C=C/Cc1[nH]nc2ccc(NC(=O)[C@@](C)(CC#C)CN(C)CC(=O)N3CCN(c4ncccn4)C[C@H]3C)cc12. The molecule has 0 saturated carbocycles. The van der Waals surface area contributed by atoms with Crippen LogP contribution >= 0.6 is 0 Å². The maximum Gasteiger partial charge on any atom is 0.237 e. The van der Waals surface area contributed by atoms with Gasteiger partial charge in [0.1, 0.15) is 5.83 Å². The average Bonchev–Trinajstić information content (AvgIpc) is 3.39. The van der Waals surface area contributed by atoms with Crippen molar-refractivity contribution in [3.63, 3.8) is 0 Å². The summed E-state index contributed by atoms with van der Waals surface area (Å²) in [7, 11) is 1.82. The Bertz CT molecular complexity index is 1620. The van der Waals surface area contributed by atoms with E-state index in [4.69, 9.17) is 12.8 Å². The number of carbonyl (C=O) groups is 2. The predicted molar refractivity (Wildman–Crippen MR) is 170 cm³/mol. The lowest BCUT2D eigenvalue weighted by Gasteiger charge is -2.40. The molecule has 11 heteroatoms. The molecule has 1 aliphatic rings. The van der Waals surface area contributed by atoms with Crippen molar-refractivity contribution in [2.45, 2.75) is 32.7 Å². The first-order chi connectivity index (χ1) is 21.1. The van der Waals surface area contributed by atoms with Crippen molar-refractivity contribution in [2.24, 2.45) is 5.41 Å². The van der Waals surface area contributed by atoms with Crippen molar-refractivity contribution >= 4 is 34.4 Å². The van der Waals surface area contributed by atoms with Gasteiger partial charge in [-0.3, -0.25) is 19.6 Å². The number of allylic oxidation sites excluding steroid dienone is 4. The van der Waals surface area contributed by atoms with E-state index >= 15 is 0 Å². The number of hydrogen-bond donors (Lipinski definition) is 2. The summed E-state index contributed by atoms with van der Waals surface area (Å²) in [6.45, 7) is 6.07.